The van der Waals surface area contributed by atoms with Gasteiger partial charge in [0.05, 0.1) is 12.1 Å². The molecule has 0 aromatic heterocycles. The smallest absolute Gasteiger partial charge is 0.475 e. The average molecular weight is 438 g/mol. The van der Waals surface area contributed by atoms with Crippen LogP contribution < -0.4 is 11.1 Å². The third-order valence-corrected chi connectivity index (χ3v) is 4.04. The second kappa shape index (κ2) is 9.85. The predicted molar refractivity (Wildman–Crippen MR) is 102 cm³/mol. The molecule has 0 saturated carbocycles. The van der Waals surface area contributed by atoms with Crippen LogP contribution in [0.15, 0.2) is 42.5 Å². The van der Waals surface area contributed by atoms with Crippen molar-refractivity contribution in [1.82, 2.24) is 0 Å². The van der Waals surface area contributed by atoms with Gasteiger partial charge in [-0.1, -0.05) is 36.4 Å². The molecule has 8 nitrogen and oxygen atoms in total. The van der Waals surface area contributed by atoms with E-state index in [1.807, 2.05) is 0 Å². The third-order valence-electron chi connectivity index (χ3n) is 4.04. The Bertz CT molecular complexity index is 1020. The molecule has 0 unspecified atom stereocenters. The van der Waals surface area contributed by atoms with Gasteiger partial charge in [-0.05, 0) is 6.07 Å². The van der Waals surface area contributed by atoms with Crippen molar-refractivity contribution in [2.24, 2.45) is 5.73 Å². The summed E-state index contributed by atoms with van der Waals surface area (Å²) in [6.45, 7) is 0.258. The van der Waals surface area contributed by atoms with Crippen molar-refractivity contribution in [3.63, 3.8) is 0 Å². The molecule has 0 bridgehead atoms. The maximum absolute atomic E-state index is 12.8. The number of fused-ring (bicyclic) bond motifs is 2. The zero-order valence-corrected chi connectivity index (χ0v) is 15.9. The van der Waals surface area contributed by atoms with Crippen LogP contribution in [0.1, 0.15) is 31.8 Å². The highest BCUT2D eigenvalue weighted by molar-refractivity contribution is 6.30. The van der Waals surface area contributed by atoms with E-state index in [0.29, 0.717) is 34.5 Å². The van der Waals surface area contributed by atoms with Gasteiger partial charge in [0, 0.05) is 28.9 Å². The fourth-order valence-electron chi connectivity index (χ4n) is 2.70. The Hall–Kier alpha value is -3.73. The van der Waals surface area contributed by atoms with Crippen molar-refractivity contribution in [2.75, 3.05) is 25.0 Å². The van der Waals surface area contributed by atoms with Gasteiger partial charge in [0.25, 0.3) is 0 Å². The Morgan fingerprint density at radius 1 is 0.968 bits per heavy atom. The average Bonchev–Trinajstić information content (AvgIpc) is 2.74. The van der Waals surface area contributed by atoms with E-state index in [2.05, 4.69) is 5.32 Å². The lowest BCUT2D eigenvalue weighted by atomic mass is 9.83. The molecule has 0 amide bonds. The second-order valence-electron chi connectivity index (χ2n) is 6.09. The number of alkyl halides is 3. The van der Waals surface area contributed by atoms with E-state index in [0.717, 1.165) is 0 Å². The van der Waals surface area contributed by atoms with Gasteiger partial charge in [-0.3, -0.25) is 14.4 Å². The lowest BCUT2D eigenvalue weighted by Crippen LogP contribution is -2.24. The van der Waals surface area contributed by atoms with Gasteiger partial charge in [0.15, 0.2) is 11.6 Å². The fourth-order valence-corrected chi connectivity index (χ4v) is 2.70. The van der Waals surface area contributed by atoms with Gasteiger partial charge in [-0.25, -0.2) is 4.79 Å². The summed E-state index contributed by atoms with van der Waals surface area (Å²) >= 11 is 0. The fraction of sp³-hybridized carbons (Fsp3) is 0.200. The molecule has 0 spiro atoms. The van der Waals surface area contributed by atoms with Crippen LogP contribution in [0.2, 0.25) is 0 Å². The molecule has 4 N–H and O–H groups in total. The number of carbonyl (C=O) groups excluding carboxylic acids is 3. The summed E-state index contributed by atoms with van der Waals surface area (Å²) in [5, 5.41) is 10.2. The first kappa shape index (κ1) is 23.5. The van der Waals surface area contributed by atoms with Gasteiger partial charge in [-0.2, -0.15) is 13.2 Å². The molecule has 0 saturated heterocycles. The minimum absolute atomic E-state index is 0.123. The summed E-state index contributed by atoms with van der Waals surface area (Å²) in [5.74, 6) is -3.61. The van der Waals surface area contributed by atoms with Crippen LogP contribution in [0.25, 0.3) is 0 Å². The summed E-state index contributed by atoms with van der Waals surface area (Å²) in [6.07, 6.45) is -5.08. The predicted octanol–water partition coefficient (Wildman–Crippen LogP) is 2.01. The number of benzene rings is 2. The highest BCUT2D eigenvalue weighted by Gasteiger charge is 2.38. The molecule has 0 atom stereocenters. The maximum Gasteiger partial charge on any atom is 0.490 e. The van der Waals surface area contributed by atoms with Crippen LogP contribution in [-0.2, 0) is 14.3 Å². The number of carboxylic acids is 1. The van der Waals surface area contributed by atoms with E-state index in [4.69, 9.17) is 20.4 Å². The van der Waals surface area contributed by atoms with Crippen molar-refractivity contribution >= 4 is 29.2 Å². The van der Waals surface area contributed by atoms with Gasteiger partial charge < -0.3 is 20.9 Å². The molecule has 1 aliphatic rings. The van der Waals surface area contributed by atoms with Crippen LogP contribution in [0, 0.1) is 0 Å². The third kappa shape index (κ3) is 5.66. The van der Waals surface area contributed by atoms with Crippen molar-refractivity contribution in [1.29, 1.82) is 0 Å². The Morgan fingerprint density at radius 3 is 2.06 bits per heavy atom. The van der Waals surface area contributed by atoms with Crippen LogP contribution in [0.3, 0.4) is 0 Å². The SMILES string of the molecule is NCC(=O)OCCNc1cccc2c1C(=O)c1ccccc1C2=O.O=C(O)C(F)(F)F. The van der Waals surface area contributed by atoms with Crippen molar-refractivity contribution < 1.29 is 42.2 Å². The minimum atomic E-state index is -5.08. The molecule has 0 heterocycles. The molecule has 0 aliphatic heterocycles. The lowest BCUT2D eigenvalue weighted by Gasteiger charge is -2.20. The Kier molecular flexibility index (Phi) is 7.48. The van der Waals surface area contributed by atoms with Crippen molar-refractivity contribution in [3.05, 3.63) is 64.7 Å². The number of nitrogens with one attached hydrogen (secondary N) is 1. The number of hydrogen-bond acceptors (Lipinski definition) is 7. The molecular weight excluding hydrogens is 421 g/mol. The molecule has 164 valence electrons. The zero-order valence-electron chi connectivity index (χ0n) is 15.9. The standard InChI is InChI=1S/C18H16N2O4.C2HF3O2/c19-10-15(21)24-9-8-20-14-7-3-6-13-16(14)18(23)12-5-2-1-4-11(12)17(13)22;3-2(4,5)1(6)7/h1-7,20H,8-10,19H2;(H,6,7). The lowest BCUT2D eigenvalue weighted by molar-refractivity contribution is -0.192. The summed E-state index contributed by atoms with van der Waals surface area (Å²) in [5.41, 5.74) is 7.26. The van der Waals surface area contributed by atoms with Crippen molar-refractivity contribution in [2.45, 2.75) is 6.18 Å². The first-order chi connectivity index (χ1) is 14.6. The number of anilines is 1. The number of aliphatic carboxylic acids is 1. The Balaban J connectivity index is 0.000000423. The normalized spacial score (nSPS) is 12.1. The number of hydrogen-bond donors (Lipinski definition) is 3. The van der Waals surface area contributed by atoms with Crippen molar-refractivity contribution in [3.8, 4) is 0 Å². The molecule has 2 aromatic rings. The van der Waals surface area contributed by atoms with Crippen LogP contribution in [0.4, 0.5) is 18.9 Å². The Labute approximate surface area is 173 Å². The highest BCUT2D eigenvalue weighted by Crippen LogP contribution is 2.31. The van der Waals surface area contributed by atoms with Gasteiger partial charge in [0.2, 0.25) is 0 Å². The number of carbonyl (C=O) groups is 4. The molecule has 2 aromatic carbocycles. The number of esters is 1. The van der Waals surface area contributed by atoms with E-state index in [1.165, 1.54) is 0 Å². The van der Waals surface area contributed by atoms with E-state index < -0.39 is 18.1 Å². The number of ether oxygens (including phenoxy) is 1. The summed E-state index contributed by atoms with van der Waals surface area (Å²) in [6, 6.07) is 11.9. The van der Waals surface area contributed by atoms with Crippen LogP contribution in [-0.4, -0.2) is 54.5 Å². The summed E-state index contributed by atoms with van der Waals surface area (Å²) in [4.78, 5) is 45.3. The van der Waals surface area contributed by atoms with E-state index >= 15 is 0 Å². The molecular formula is C20H17F3N2O6. The molecule has 11 heteroatoms. The highest BCUT2D eigenvalue weighted by atomic mass is 19.4. The van der Waals surface area contributed by atoms with E-state index in [-0.39, 0.29) is 24.7 Å². The van der Waals surface area contributed by atoms with Crippen LogP contribution in [0.5, 0.6) is 0 Å². The maximum atomic E-state index is 12.8. The second-order valence-corrected chi connectivity index (χ2v) is 6.09. The number of carboxylic acid groups (broad SMARTS) is 1. The number of halogens is 3. The van der Waals surface area contributed by atoms with Gasteiger partial charge >= 0.3 is 18.1 Å². The quantitative estimate of drug-likeness (QED) is 0.407. The van der Waals surface area contributed by atoms with Gasteiger partial charge in [0.1, 0.15) is 6.61 Å². The molecule has 31 heavy (non-hydrogen) atoms. The number of rotatable bonds is 5. The molecule has 0 radical (unpaired) electrons. The van der Waals surface area contributed by atoms with E-state index in [9.17, 15) is 27.6 Å². The first-order valence-corrected chi connectivity index (χ1v) is 8.79. The molecule has 0 fully saturated rings. The summed E-state index contributed by atoms with van der Waals surface area (Å²) < 4.78 is 36.6. The van der Waals surface area contributed by atoms with Crippen LogP contribution >= 0.6 is 0 Å². The largest absolute Gasteiger partial charge is 0.490 e. The topological polar surface area (TPSA) is 136 Å². The Morgan fingerprint density at radius 2 is 1.52 bits per heavy atom. The van der Waals surface area contributed by atoms with Gasteiger partial charge in [-0.15, -0.1) is 0 Å². The molecule has 3 rings (SSSR count). The number of ketones is 2. The summed E-state index contributed by atoms with van der Waals surface area (Å²) in [7, 11) is 0. The monoisotopic (exact) mass is 438 g/mol. The first-order valence-electron chi connectivity index (χ1n) is 8.79. The number of nitrogens with two attached hydrogens (primary N) is 1. The zero-order chi connectivity index (χ0) is 23.2. The minimum Gasteiger partial charge on any atom is -0.475 e. The van der Waals surface area contributed by atoms with E-state index in [1.54, 1.807) is 42.5 Å². The molecule has 1 aliphatic carbocycles.